The number of nitrogens with one attached hydrogen (secondary N) is 1. The Morgan fingerprint density at radius 2 is 1.76 bits per heavy atom. The van der Waals surface area contributed by atoms with Gasteiger partial charge in [-0.2, -0.15) is 0 Å². The van der Waals surface area contributed by atoms with Gasteiger partial charge >= 0.3 is 0 Å². The maximum absolute atomic E-state index is 9.70. The lowest BCUT2D eigenvalue weighted by molar-refractivity contribution is -0.123. The molecule has 0 radical (unpaired) electrons. The Hall–Kier alpha value is -1.16. The fraction of sp³-hybridized carbons (Fsp3) is 0.692. The van der Waals surface area contributed by atoms with E-state index in [1.807, 2.05) is 19.2 Å². The van der Waals surface area contributed by atoms with E-state index in [1.54, 1.807) is 0 Å². The molecule has 0 aliphatic carbocycles. The van der Waals surface area contributed by atoms with Crippen LogP contribution >= 0.6 is 0 Å². The third-order valence-corrected chi connectivity index (χ3v) is 1.62. The summed E-state index contributed by atoms with van der Waals surface area (Å²) in [5.41, 5.74) is 0. The summed E-state index contributed by atoms with van der Waals surface area (Å²) < 4.78 is 0. The van der Waals surface area contributed by atoms with E-state index in [0.717, 1.165) is 19.5 Å². The van der Waals surface area contributed by atoms with E-state index in [4.69, 9.17) is 0 Å². The van der Waals surface area contributed by atoms with Crippen molar-refractivity contribution < 1.29 is 9.59 Å². The van der Waals surface area contributed by atoms with Gasteiger partial charge in [0, 0.05) is 13.5 Å². The molecule has 0 fully saturated rings. The zero-order valence-corrected chi connectivity index (χ0v) is 12.1. The molecule has 17 heavy (non-hydrogen) atoms. The quantitative estimate of drug-likeness (QED) is 0.596. The summed E-state index contributed by atoms with van der Waals surface area (Å²) in [6.45, 7) is 11.8. The third-order valence-electron chi connectivity index (χ3n) is 1.62. The van der Waals surface area contributed by atoms with E-state index in [9.17, 15) is 9.59 Å². The predicted octanol–water partition coefficient (Wildman–Crippen LogP) is 2.21. The van der Waals surface area contributed by atoms with Crippen LogP contribution in [0, 0.1) is 0 Å². The summed E-state index contributed by atoms with van der Waals surface area (Å²) in [7, 11) is 2.12. The number of allylic oxidation sites excluding steroid dienone is 1. The largest absolute Gasteiger partial charge is 0.303 e. The van der Waals surface area contributed by atoms with Crippen LogP contribution in [0.4, 0.5) is 0 Å². The van der Waals surface area contributed by atoms with Gasteiger partial charge in [-0.15, -0.1) is 0 Å². The molecular weight excluding hydrogens is 216 g/mol. The Kier molecular flexibility index (Phi) is 25.2. The van der Waals surface area contributed by atoms with Gasteiger partial charge in [-0.1, -0.05) is 39.8 Å². The highest BCUT2D eigenvalue weighted by Gasteiger charge is 1.85. The van der Waals surface area contributed by atoms with Crippen molar-refractivity contribution >= 4 is 12.3 Å². The van der Waals surface area contributed by atoms with Crippen molar-refractivity contribution in [3.8, 4) is 0 Å². The van der Waals surface area contributed by atoms with Crippen LogP contribution in [0.3, 0.4) is 0 Å². The molecule has 0 bridgehead atoms. The molecule has 0 aliphatic rings. The van der Waals surface area contributed by atoms with Crippen LogP contribution in [0.2, 0.25) is 0 Å². The van der Waals surface area contributed by atoms with Gasteiger partial charge in [0.05, 0.1) is 0 Å². The zero-order valence-electron chi connectivity index (χ0n) is 12.1. The maximum Gasteiger partial charge on any atom is 0.223 e. The summed E-state index contributed by atoms with van der Waals surface area (Å²) in [6.07, 6.45) is 5.91. The molecule has 0 heterocycles. The van der Waals surface area contributed by atoms with Crippen LogP contribution in [0.25, 0.3) is 0 Å². The van der Waals surface area contributed by atoms with Gasteiger partial charge in [0.25, 0.3) is 0 Å². The average Bonchev–Trinajstić information content (AvgIpc) is 2.32. The summed E-state index contributed by atoms with van der Waals surface area (Å²) in [6, 6.07) is 0. The maximum atomic E-state index is 9.70. The second kappa shape index (κ2) is 20.3. The Bertz CT molecular complexity index is 192. The second-order valence-corrected chi connectivity index (χ2v) is 3.05. The van der Waals surface area contributed by atoms with Crippen LogP contribution in [-0.2, 0) is 9.59 Å². The lowest BCUT2D eigenvalue weighted by Crippen LogP contribution is -2.16. The van der Waals surface area contributed by atoms with Crippen molar-refractivity contribution in [1.29, 1.82) is 0 Å². The molecule has 0 atom stereocenters. The van der Waals surface area contributed by atoms with E-state index in [2.05, 4.69) is 37.9 Å². The minimum atomic E-state index is -0.329. The molecule has 0 saturated heterocycles. The molecule has 102 valence electrons. The van der Waals surface area contributed by atoms with Crippen LogP contribution in [0.15, 0.2) is 12.2 Å². The first-order chi connectivity index (χ1) is 8.08. The number of rotatable bonds is 5. The molecule has 4 heteroatoms. The second-order valence-electron chi connectivity index (χ2n) is 3.05. The lowest BCUT2D eigenvalue weighted by atomic mass is 10.4. The highest BCUT2D eigenvalue weighted by atomic mass is 16.2. The Morgan fingerprint density at radius 3 is 2.00 bits per heavy atom. The molecule has 1 N–H and O–H groups in total. The van der Waals surface area contributed by atoms with E-state index in [-0.39, 0.29) is 5.91 Å². The standard InChI is InChI=1S/C8H17N.C3H5NO2.C2H6/c1-4-6-7-8-9(3)5-2;1-3(6)4-2-5;1-2/h6-7H,4-5,8H2,1-3H3;2H,1H3,(H,4,5,6);1-2H3/b7-6-;;. The number of carbonyl (C=O) groups excluding carboxylic acids is 2. The third kappa shape index (κ3) is 31.3. The van der Waals surface area contributed by atoms with Gasteiger partial charge in [-0.05, 0) is 20.0 Å². The first-order valence-corrected chi connectivity index (χ1v) is 6.12. The lowest BCUT2D eigenvalue weighted by Gasteiger charge is -2.08. The first-order valence-electron chi connectivity index (χ1n) is 6.12. The van der Waals surface area contributed by atoms with Crippen LogP contribution < -0.4 is 5.32 Å². The smallest absolute Gasteiger partial charge is 0.223 e. The van der Waals surface area contributed by atoms with Gasteiger partial charge in [0.1, 0.15) is 0 Å². The monoisotopic (exact) mass is 244 g/mol. The number of likely N-dealkylation sites (N-methyl/N-ethyl adjacent to an activating group) is 1. The van der Waals surface area contributed by atoms with Crippen LogP contribution in [0.5, 0.6) is 0 Å². The number of hydrogen-bond acceptors (Lipinski definition) is 3. The number of carbonyl (C=O) groups is 2. The van der Waals surface area contributed by atoms with Gasteiger partial charge in [-0.25, -0.2) is 0 Å². The van der Waals surface area contributed by atoms with E-state index >= 15 is 0 Å². The van der Waals surface area contributed by atoms with Crippen LogP contribution in [-0.4, -0.2) is 37.4 Å². The molecule has 0 rings (SSSR count). The van der Waals surface area contributed by atoms with Gasteiger partial charge in [0.15, 0.2) is 0 Å². The van der Waals surface area contributed by atoms with Gasteiger partial charge in [-0.3, -0.25) is 14.9 Å². The van der Waals surface area contributed by atoms with Gasteiger partial charge < -0.3 is 4.90 Å². The fourth-order valence-corrected chi connectivity index (χ4v) is 0.633. The molecule has 0 aromatic rings. The summed E-state index contributed by atoms with van der Waals surface area (Å²) in [5, 5.41) is 1.89. The minimum Gasteiger partial charge on any atom is -0.303 e. The fourth-order valence-electron chi connectivity index (χ4n) is 0.633. The topological polar surface area (TPSA) is 49.4 Å². The molecule has 0 saturated carbocycles. The van der Waals surface area contributed by atoms with E-state index < -0.39 is 0 Å². The SMILES string of the molecule is CC.CC(=O)NC=O.CC/C=C\CN(C)CC. The summed E-state index contributed by atoms with van der Waals surface area (Å²) >= 11 is 0. The predicted molar refractivity (Wildman–Crippen MR) is 73.8 cm³/mol. The van der Waals surface area contributed by atoms with Crippen molar-refractivity contribution in [3.05, 3.63) is 12.2 Å². The van der Waals surface area contributed by atoms with Crippen molar-refractivity contribution in [2.45, 2.75) is 41.0 Å². The summed E-state index contributed by atoms with van der Waals surface area (Å²) in [4.78, 5) is 21.3. The molecule has 0 aromatic carbocycles. The summed E-state index contributed by atoms with van der Waals surface area (Å²) in [5.74, 6) is -0.329. The first kappa shape index (κ1) is 21.2. The molecule has 0 aliphatic heterocycles. The number of nitrogens with zero attached hydrogens (tertiary/aromatic N) is 1. The zero-order chi connectivity index (χ0) is 14.1. The highest BCUT2D eigenvalue weighted by Crippen LogP contribution is 1.83. The van der Waals surface area contributed by atoms with E-state index in [0.29, 0.717) is 6.41 Å². The Morgan fingerprint density at radius 1 is 1.24 bits per heavy atom. The number of hydrogen-bond donors (Lipinski definition) is 1. The molecule has 2 amide bonds. The number of imide groups is 1. The normalized spacial score (nSPS) is 8.88. The van der Waals surface area contributed by atoms with Crippen molar-refractivity contribution in [3.63, 3.8) is 0 Å². The van der Waals surface area contributed by atoms with Crippen molar-refractivity contribution in [1.82, 2.24) is 10.2 Å². The Labute approximate surface area is 106 Å². The molecule has 4 nitrogen and oxygen atoms in total. The van der Waals surface area contributed by atoms with Gasteiger partial charge in [0.2, 0.25) is 12.3 Å². The number of amides is 2. The molecule has 0 aromatic heterocycles. The highest BCUT2D eigenvalue weighted by molar-refractivity contribution is 5.83. The van der Waals surface area contributed by atoms with Crippen molar-refractivity contribution in [2.75, 3.05) is 20.1 Å². The average molecular weight is 244 g/mol. The van der Waals surface area contributed by atoms with Crippen molar-refractivity contribution in [2.24, 2.45) is 0 Å². The Balaban J connectivity index is -0.000000213. The minimum absolute atomic E-state index is 0.329. The molecule has 0 spiro atoms. The molecular formula is C13H28N2O2. The molecule has 0 unspecified atom stereocenters. The van der Waals surface area contributed by atoms with Crippen LogP contribution in [0.1, 0.15) is 41.0 Å². The van der Waals surface area contributed by atoms with E-state index in [1.165, 1.54) is 6.92 Å².